The zero-order chi connectivity index (χ0) is 21.8. The van der Waals surface area contributed by atoms with Crippen molar-refractivity contribution in [2.45, 2.75) is 39.8 Å². The van der Waals surface area contributed by atoms with E-state index in [9.17, 15) is 9.59 Å². The van der Waals surface area contributed by atoms with Gasteiger partial charge in [-0.1, -0.05) is 55.3 Å². The minimum Gasteiger partial charge on any atom is -0.368 e. The summed E-state index contributed by atoms with van der Waals surface area (Å²) in [5.41, 5.74) is 8.93. The molecule has 7 nitrogen and oxygen atoms in total. The van der Waals surface area contributed by atoms with Crippen LogP contribution in [-0.2, 0) is 17.9 Å². The molecule has 160 valence electrons. The molecule has 2 rings (SSSR count). The zero-order valence-electron chi connectivity index (χ0n) is 17.7. The first-order chi connectivity index (χ1) is 14.5. The molecule has 0 spiro atoms. The number of rotatable bonds is 10. The number of nitrogens with two attached hydrogens (primary N) is 1. The van der Waals surface area contributed by atoms with Gasteiger partial charge in [-0.25, -0.2) is 4.99 Å². The van der Waals surface area contributed by atoms with E-state index in [1.807, 2.05) is 12.1 Å². The number of aliphatic imine (C=N–C) groups is 1. The average Bonchev–Trinajstić information content (AvgIpc) is 2.75. The van der Waals surface area contributed by atoms with Gasteiger partial charge in [0.1, 0.15) is 0 Å². The number of amides is 2. The van der Waals surface area contributed by atoms with Crippen molar-refractivity contribution in [1.29, 1.82) is 0 Å². The quantitative estimate of drug-likeness (QED) is 0.274. The monoisotopic (exact) mass is 409 g/mol. The molecular weight excluding hydrogens is 378 g/mol. The second-order valence-electron chi connectivity index (χ2n) is 7.13. The minimum atomic E-state index is -0.574. The van der Waals surface area contributed by atoms with Crippen LogP contribution in [-0.4, -0.2) is 30.9 Å². The van der Waals surface area contributed by atoms with Gasteiger partial charge in [0, 0.05) is 18.7 Å². The SMILES string of the molecule is CCCCNC(=NCc1ccc(C(=O)NCC(N)=O)cc1)NCc1ccc(C)cc1. The summed E-state index contributed by atoms with van der Waals surface area (Å²) in [6.45, 7) is 6.08. The molecular formula is C23H31N5O2. The maximum absolute atomic E-state index is 11.9. The lowest BCUT2D eigenvalue weighted by Crippen LogP contribution is -2.37. The molecule has 2 aromatic rings. The maximum Gasteiger partial charge on any atom is 0.251 e. The molecule has 0 atom stereocenters. The molecule has 0 radical (unpaired) electrons. The van der Waals surface area contributed by atoms with E-state index in [1.54, 1.807) is 12.1 Å². The van der Waals surface area contributed by atoms with Gasteiger partial charge in [0.2, 0.25) is 5.91 Å². The third kappa shape index (κ3) is 8.34. The molecule has 5 N–H and O–H groups in total. The van der Waals surface area contributed by atoms with Gasteiger partial charge in [0.05, 0.1) is 13.1 Å². The number of nitrogens with one attached hydrogen (secondary N) is 3. The molecule has 0 heterocycles. The number of aryl methyl sites for hydroxylation is 1. The number of nitrogens with zero attached hydrogens (tertiary/aromatic N) is 1. The highest BCUT2D eigenvalue weighted by atomic mass is 16.2. The number of unbranched alkanes of at least 4 members (excludes halogenated alkanes) is 1. The summed E-state index contributed by atoms with van der Waals surface area (Å²) in [5.74, 6) is -0.145. The van der Waals surface area contributed by atoms with Gasteiger partial charge < -0.3 is 21.7 Å². The lowest BCUT2D eigenvalue weighted by Gasteiger charge is -2.13. The third-order valence-electron chi connectivity index (χ3n) is 4.46. The van der Waals surface area contributed by atoms with E-state index in [2.05, 4.69) is 59.1 Å². The molecule has 0 saturated carbocycles. The number of hydrogen-bond donors (Lipinski definition) is 4. The van der Waals surface area contributed by atoms with Crippen molar-refractivity contribution in [2.24, 2.45) is 10.7 Å². The van der Waals surface area contributed by atoms with Gasteiger partial charge in [-0.05, 0) is 36.6 Å². The fraction of sp³-hybridized carbons (Fsp3) is 0.348. The molecule has 0 bridgehead atoms. The van der Waals surface area contributed by atoms with Crippen LogP contribution in [0.2, 0.25) is 0 Å². The Labute approximate surface area is 178 Å². The summed E-state index contributed by atoms with van der Waals surface area (Å²) in [6.07, 6.45) is 2.18. The Kier molecular flexibility index (Phi) is 9.37. The molecule has 2 amide bonds. The van der Waals surface area contributed by atoms with Crippen LogP contribution in [0, 0.1) is 6.92 Å². The molecule has 7 heteroatoms. The Morgan fingerprint density at radius 3 is 2.23 bits per heavy atom. The summed E-state index contributed by atoms with van der Waals surface area (Å²) in [7, 11) is 0. The maximum atomic E-state index is 11.9. The van der Waals surface area contributed by atoms with Crippen LogP contribution in [0.4, 0.5) is 0 Å². The predicted octanol–water partition coefficient (Wildman–Crippen LogP) is 2.25. The normalized spacial score (nSPS) is 11.1. The Morgan fingerprint density at radius 2 is 1.60 bits per heavy atom. The van der Waals surface area contributed by atoms with Crippen LogP contribution in [0.15, 0.2) is 53.5 Å². The van der Waals surface area contributed by atoms with Crippen LogP contribution in [0.3, 0.4) is 0 Å². The first kappa shape index (κ1) is 22.9. The summed E-state index contributed by atoms with van der Waals surface area (Å²) >= 11 is 0. The highest BCUT2D eigenvalue weighted by molar-refractivity contribution is 5.96. The van der Waals surface area contributed by atoms with Crippen LogP contribution in [0.5, 0.6) is 0 Å². The van der Waals surface area contributed by atoms with Crippen molar-refractivity contribution >= 4 is 17.8 Å². The number of primary amides is 1. The summed E-state index contributed by atoms with van der Waals surface area (Å²) < 4.78 is 0. The van der Waals surface area contributed by atoms with E-state index in [-0.39, 0.29) is 12.5 Å². The Hall–Kier alpha value is -3.35. The first-order valence-corrected chi connectivity index (χ1v) is 10.2. The molecule has 0 aliphatic carbocycles. The van der Waals surface area contributed by atoms with Gasteiger partial charge >= 0.3 is 0 Å². The summed E-state index contributed by atoms with van der Waals surface area (Å²) in [6, 6.07) is 15.5. The highest BCUT2D eigenvalue weighted by Gasteiger charge is 2.06. The smallest absolute Gasteiger partial charge is 0.251 e. The van der Waals surface area contributed by atoms with Crippen molar-refractivity contribution in [1.82, 2.24) is 16.0 Å². The number of carbonyl (C=O) groups excluding carboxylic acids is 2. The molecule has 2 aromatic carbocycles. The number of benzene rings is 2. The van der Waals surface area contributed by atoms with Gasteiger partial charge in [0.25, 0.3) is 5.91 Å². The molecule has 0 aliphatic rings. The summed E-state index contributed by atoms with van der Waals surface area (Å²) in [4.78, 5) is 27.4. The van der Waals surface area contributed by atoms with Crippen molar-refractivity contribution in [3.8, 4) is 0 Å². The van der Waals surface area contributed by atoms with Crippen LogP contribution in [0.25, 0.3) is 0 Å². The molecule has 0 saturated heterocycles. The second kappa shape index (κ2) is 12.3. The Balaban J connectivity index is 1.96. The van der Waals surface area contributed by atoms with E-state index in [4.69, 9.17) is 5.73 Å². The summed E-state index contributed by atoms with van der Waals surface area (Å²) in [5, 5.41) is 9.20. The molecule has 30 heavy (non-hydrogen) atoms. The lowest BCUT2D eigenvalue weighted by molar-refractivity contribution is -0.117. The topological polar surface area (TPSA) is 109 Å². The Morgan fingerprint density at radius 1 is 0.933 bits per heavy atom. The van der Waals surface area contributed by atoms with Gasteiger partial charge in [0.15, 0.2) is 5.96 Å². The lowest BCUT2D eigenvalue weighted by atomic mass is 10.1. The fourth-order valence-electron chi connectivity index (χ4n) is 2.65. The van der Waals surface area contributed by atoms with Gasteiger partial charge in [-0.2, -0.15) is 0 Å². The molecule has 0 fully saturated rings. The number of carbonyl (C=O) groups is 2. The van der Waals surface area contributed by atoms with Crippen LogP contribution >= 0.6 is 0 Å². The van der Waals surface area contributed by atoms with Crippen LogP contribution < -0.4 is 21.7 Å². The Bertz CT molecular complexity index is 845. The molecule has 0 aromatic heterocycles. The molecule has 0 aliphatic heterocycles. The van der Waals surface area contributed by atoms with Gasteiger partial charge in [-0.3, -0.25) is 9.59 Å². The highest BCUT2D eigenvalue weighted by Crippen LogP contribution is 2.06. The van der Waals surface area contributed by atoms with Crippen molar-refractivity contribution in [2.75, 3.05) is 13.1 Å². The van der Waals surface area contributed by atoms with E-state index < -0.39 is 5.91 Å². The number of hydrogen-bond acceptors (Lipinski definition) is 3. The van der Waals surface area contributed by atoms with E-state index in [1.165, 1.54) is 11.1 Å². The first-order valence-electron chi connectivity index (χ1n) is 10.2. The average molecular weight is 410 g/mol. The minimum absolute atomic E-state index is 0.176. The van der Waals surface area contributed by atoms with Crippen molar-refractivity contribution in [3.63, 3.8) is 0 Å². The zero-order valence-corrected chi connectivity index (χ0v) is 17.7. The standard InChI is InChI=1S/C23H31N5O2/c1-3-4-13-25-23(27-14-18-7-5-17(2)6-8-18)28-15-19-9-11-20(12-10-19)22(30)26-16-21(24)29/h5-12H,3-4,13-16H2,1-2H3,(H2,24,29)(H,26,30)(H2,25,27,28). The third-order valence-corrected chi connectivity index (χ3v) is 4.46. The van der Waals surface area contributed by atoms with E-state index in [0.717, 1.165) is 30.9 Å². The van der Waals surface area contributed by atoms with Crippen molar-refractivity contribution < 1.29 is 9.59 Å². The van der Waals surface area contributed by atoms with Crippen molar-refractivity contribution in [3.05, 3.63) is 70.8 Å². The van der Waals surface area contributed by atoms with Crippen LogP contribution in [0.1, 0.15) is 46.8 Å². The largest absolute Gasteiger partial charge is 0.368 e. The second-order valence-corrected chi connectivity index (χ2v) is 7.13. The van der Waals surface area contributed by atoms with E-state index in [0.29, 0.717) is 18.7 Å². The fourth-order valence-corrected chi connectivity index (χ4v) is 2.65. The number of guanidine groups is 1. The van der Waals surface area contributed by atoms with Gasteiger partial charge in [-0.15, -0.1) is 0 Å². The molecule has 0 unspecified atom stereocenters. The van der Waals surface area contributed by atoms with E-state index >= 15 is 0 Å². The predicted molar refractivity (Wildman–Crippen MR) is 120 cm³/mol.